The highest BCUT2D eigenvalue weighted by Crippen LogP contribution is 2.54. The first-order valence-corrected chi connectivity index (χ1v) is 8.38. The lowest BCUT2D eigenvalue weighted by Crippen LogP contribution is -2.43. The molecule has 0 amide bonds. The smallest absolute Gasteiger partial charge is 0.300 e. The fraction of sp³-hybridized carbons (Fsp3) is 1.00. The van der Waals surface area contributed by atoms with Crippen LogP contribution in [0.4, 0.5) is 0 Å². The van der Waals surface area contributed by atoms with Crippen molar-refractivity contribution in [3.05, 3.63) is 0 Å². The van der Waals surface area contributed by atoms with Gasteiger partial charge in [0.1, 0.15) is 0 Å². The summed E-state index contributed by atoms with van der Waals surface area (Å²) in [5.41, 5.74) is 0. The summed E-state index contributed by atoms with van der Waals surface area (Å²) in [4.78, 5) is 0. The Labute approximate surface area is 107 Å². The Morgan fingerprint density at radius 2 is 0.889 bits per heavy atom. The maximum absolute atomic E-state index is 12.1. The van der Waals surface area contributed by atoms with Crippen LogP contribution in [0.2, 0.25) is 0 Å². The average Bonchev–Trinajstić information content (AvgIpc) is 2.45. The second-order valence-corrected chi connectivity index (χ2v) is 8.04. The molecule has 0 aromatic heterocycles. The minimum Gasteiger partial charge on any atom is -0.300 e. The summed E-state index contributed by atoms with van der Waals surface area (Å²) in [5.74, 6) is 0. The largest absolute Gasteiger partial charge is 0.407 e. The first-order valence-electron chi connectivity index (χ1n) is 5.39. The molecule has 1 saturated heterocycles. The monoisotopic (exact) mass is 302 g/mol. The molecule has 0 radical (unpaired) electrons. The molecule has 1 heterocycles. The molecule has 0 unspecified atom stereocenters. The lowest BCUT2D eigenvalue weighted by atomic mass is 10.4. The zero-order valence-electron chi connectivity index (χ0n) is 11.1. The topological polar surface area (TPSA) is 77.5 Å². The predicted octanol–water partition coefficient (Wildman–Crippen LogP) is 1.41. The van der Waals surface area contributed by atoms with Gasteiger partial charge in [-0.15, -0.1) is 0 Å². The van der Waals surface area contributed by atoms with Gasteiger partial charge in [-0.1, -0.05) is 0 Å². The Bertz CT molecular complexity index is 307. The molecule has 1 aliphatic rings. The predicted molar refractivity (Wildman–Crippen MR) is 66.4 cm³/mol. The van der Waals surface area contributed by atoms with Crippen LogP contribution in [0.15, 0.2) is 0 Å². The number of rotatable bonds is 6. The Balaban J connectivity index is 2.67. The van der Waals surface area contributed by atoms with Gasteiger partial charge < -0.3 is 0 Å². The van der Waals surface area contributed by atoms with Crippen molar-refractivity contribution in [2.75, 3.05) is 54.6 Å². The Kier molecular flexibility index (Phi) is 5.96. The van der Waals surface area contributed by atoms with Crippen LogP contribution in [0.25, 0.3) is 0 Å². The van der Waals surface area contributed by atoms with Crippen molar-refractivity contribution in [1.82, 2.24) is 9.34 Å². The van der Waals surface area contributed by atoms with Gasteiger partial charge in [-0.25, -0.2) is 18.5 Å². The van der Waals surface area contributed by atoms with E-state index < -0.39 is 15.5 Å². The van der Waals surface area contributed by atoms with Crippen molar-refractivity contribution in [3.63, 3.8) is 0 Å². The second-order valence-electron chi connectivity index (χ2n) is 3.57. The molecule has 1 rings (SSSR count). The first kappa shape index (κ1) is 16.3. The average molecular weight is 302 g/mol. The first-order chi connectivity index (χ1) is 8.45. The molecule has 1 fully saturated rings. The van der Waals surface area contributed by atoms with Crippen molar-refractivity contribution in [3.8, 4) is 0 Å². The normalized spacial score (nSPS) is 20.2. The summed E-state index contributed by atoms with van der Waals surface area (Å²) in [6, 6.07) is 0. The molecule has 0 atom stereocenters. The summed E-state index contributed by atoms with van der Waals surface area (Å²) >= 11 is 0. The van der Waals surface area contributed by atoms with Crippen LogP contribution in [-0.2, 0) is 27.2 Å². The van der Waals surface area contributed by atoms with Crippen molar-refractivity contribution in [1.29, 1.82) is 0 Å². The van der Waals surface area contributed by atoms with Crippen molar-refractivity contribution >= 4 is 15.5 Å². The molecule has 1 aliphatic heterocycles. The van der Waals surface area contributed by atoms with Crippen molar-refractivity contribution in [2.24, 2.45) is 0 Å². The molecule has 0 N–H and O–H groups in total. The number of piperazine rings is 1. The quantitative estimate of drug-likeness (QED) is 0.681. The number of hydrogen-bond donors (Lipinski definition) is 0. The fourth-order valence-corrected chi connectivity index (χ4v) is 4.35. The van der Waals surface area contributed by atoms with E-state index in [0.29, 0.717) is 26.2 Å². The maximum atomic E-state index is 12.1. The van der Waals surface area contributed by atoms with Crippen LogP contribution in [0.3, 0.4) is 0 Å². The van der Waals surface area contributed by atoms with E-state index in [1.54, 1.807) is 9.34 Å². The van der Waals surface area contributed by atoms with Gasteiger partial charge in [0.15, 0.2) is 0 Å². The Morgan fingerprint density at radius 1 is 0.667 bits per heavy atom. The van der Waals surface area contributed by atoms with Crippen LogP contribution in [0, 0.1) is 0 Å². The van der Waals surface area contributed by atoms with Crippen molar-refractivity contribution in [2.45, 2.75) is 0 Å². The Hall–Kier alpha value is 0.220. The van der Waals surface area contributed by atoms with Crippen LogP contribution in [-0.4, -0.2) is 64.0 Å². The standard InChI is InChI=1S/C8H20N2O6P2/c1-13-17(11,14-2)9-5-7-10(8-6-9)18(12,15-3)16-4/h5-8H2,1-4H3. The van der Waals surface area contributed by atoms with Gasteiger partial charge in [0.2, 0.25) is 0 Å². The molecule has 0 saturated carbocycles. The molecule has 0 aromatic carbocycles. The molecule has 0 aliphatic carbocycles. The van der Waals surface area contributed by atoms with Gasteiger partial charge in [-0.05, 0) is 0 Å². The summed E-state index contributed by atoms with van der Waals surface area (Å²) in [7, 11) is -1.08. The van der Waals surface area contributed by atoms with Gasteiger partial charge in [0.05, 0.1) is 0 Å². The minimum absolute atomic E-state index is 0.398. The third-order valence-corrected chi connectivity index (χ3v) is 6.88. The lowest BCUT2D eigenvalue weighted by Gasteiger charge is -2.38. The van der Waals surface area contributed by atoms with E-state index >= 15 is 0 Å². The molecular formula is C8H20N2O6P2. The zero-order valence-corrected chi connectivity index (χ0v) is 12.9. The minimum atomic E-state index is -3.22. The van der Waals surface area contributed by atoms with Crippen molar-refractivity contribution < 1.29 is 27.2 Å². The highest BCUT2D eigenvalue weighted by molar-refractivity contribution is 7.51. The van der Waals surface area contributed by atoms with E-state index in [4.69, 9.17) is 18.1 Å². The van der Waals surface area contributed by atoms with Crippen LogP contribution < -0.4 is 0 Å². The van der Waals surface area contributed by atoms with E-state index in [1.165, 1.54) is 28.4 Å². The van der Waals surface area contributed by atoms with Crippen LogP contribution in [0.5, 0.6) is 0 Å². The van der Waals surface area contributed by atoms with Gasteiger partial charge in [-0.2, -0.15) is 0 Å². The lowest BCUT2D eigenvalue weighted by molar-refractivity contribution is 0.148. The Morgan fingerprint density at radius 3 is 1.06 bits per heavy atom. The van der Waals surface area contributed by atoms with E-state index in [0.717, 1.165) is 0 Å². The molecule has 0 bridgehead atoms. The van der Waals surface area contributed by atoms with Crippen LogP contribution >= 0.6 is 15.5 Å². The highest BCUT2D eigenvalue weighted by Gasteiger charge is 2.39. The third kappa shape index (κ3) is 3.21. The second kappa shape index (κ2) is 6.59. The molecule has 18 heavy (non-hydrogen) atoms. The summed E-state index contributed by atoms with van der Waals surface area (Å²) in [5, 5.41) is 0. The zero-order chi connectivity index (χ0) is 13.8. The summed E-state index contributed by atoms with van der Waals surface area (Å²) < 4.78 is 47.1. The number of nitrogens with zero attached hydrogens (tertiary/aromatic N) is 2. The van der Waals surface area contributed by atoms with Crippen LogP contribution in [0.1, 0.15) is 0 Å². The SMILES string of the molecule is COP(=O)(OC)N1CCN(P(=O)(OC)OC)CC1. The number of hydrogen-bond acceptors (Lipinski definition) is 6. The van der Waals surface area contributed by atoms with E-state index in [2.05, 4.69) is 0 Å². The van der Waals surface area contributed by atoms with Gasteiger partial charge >= 0.3 is 15.5 Å². The van der Waals surface area contributed by atoms with E-state index in [9.17, 15) is 9.13 Å². The molecule has 0 aromatic rings. The van der Waals surface area contributed by atoms with E-state index in [-0.39, 0.29) is 0 Å². The van der Waals surface area contributed by atoms with E-state index in [1.807, 2.05) is 0 Å². The fourth-order valence-electron chi connectivity index (χ4n) is 1.79. The molecule has 8 nitrogen and oxygen atoms in total. The molecular weight excluding hydrogens is 282 g/mol. The van der Waals surface area contributed by atoms with Gasteiger partial charge in [0, 0.05) is 54.6 Å². The maximum Gasteiger partial charge on any atom is 0.407 e. The summed E-state index contributed by atoms with van der Waals surface area (Å²) in [6.07, 6.45) is 0. The summed E-state index contributed by atoms with van der Waals surface area (Å²) in [6.45, 7) is 1.59. The third-order valence-electron chi connectivity index (χ3n) is 2.85. The highest BCUT2D eigenvalue weighted by atomic mass is 31.2. The molecule has 10 heteroatoms. The molecule has 0 spiro atoms. The van der Waals surface area contributed by atoms with Gasteiger partial charge in [0.25, 0.3) is 0 Å². The van der Waals surface area contributed by atoms with Gasteiger partial charge in [-0.3, -0.25) is 18.1 Å². The molecule has 108 valence electrons.